The Morgan fingerprint density at radius 3 is 2.67 bits per heavy atom. The maximum Gasteiger partial charge on any atom is 0.355 e. The van der Waals surface area contributed by atoms with Gasteiger partial charge in [-0.05, 0) is 31.2 Å². The number of hydrazine groups is 1. The van der Waals surface area contributed by atoms with E-state index in [1.807, 2.05) is 0 Å². The van der Waals surface area contributed by atoms with Crippen LogP contribution in [0.1, 0.15) is 16.1 Å². The molecule has 3 aromatic heterocycles. The van der Waals surface area contributed by atoms with Crippen LogP contribution in [-0.4, -0.2) is 30.8 Å². The zero-order valence-corrected chi connectivity index (χ0v) is 14.1. The van der Waals surface area contributed by atoms with Crippen molar-refractivity contribution in [1.82, 2.24) is 25.4 Å². The van der Waals surface area contributed by atoms with Crippen molar-refractivity contribution in [2.45, 2.75) is 6.92 Å². The Labute approximate surface area is 153 Å². The number of nitro groups is 1. The molecule has 3 aromatic rings. The third-order valence-electron chi connectivity index (χ3n) is 3.36. The second-order valence-electron chi connectivity index (χ2n) is 5.29. The van der Waals surface area contributed by atoms with E-state index in [0.29, 0.717) is 5.82 Å². The van der Waals surface area contributed by atoms with Gasteiger partial charge in [0.05, 0.1) is 10.5 Å². The quantitative estimate of drug-likeness (QED) is 0.440. The van der Waals surface area contributed by atoms with Gasteiger partial charge in [-0.25, -0.2) is 15.0 Å². The highest BCUT2D eigenvalue weighted by Gasteiger charge is 2.24. The number of aromatic nitrogens is 4. The number of hydrogen-bond donors (Lipinski definition) is 3. The highest BCUT2D eigenvalue weighted by Crippen LogP contribution is 2.30. The van der Waals surface area contributed by atoms with E-state index < -0.39 is 16.5 Å². The van der Waals surface area contributed by atoms with Crippen molar-refractivity contribution in [1.29, 1.82) is 0 Å². The summed E-state index contributed by atoms with van der Waals surface area (Å²) in [5.74, 6) is -0.373. The minimum atomic E-state index is -0.656. The lowest BCUT2D eigenvalue weighted by Crippen LogP contribution is -2.30. The molecular formula is C16H14N8O3. The normalized spacial score (nSPS) is 10.1. The molecule has 1 amide bonds. The molecule has 3 rings (SSSR count). The fourth-order valence-corrected chi connectivity index (χ4v) is 2.15. The van der Waals surface area contributed by atoms with Crippen molar-refractivity contribution >= 4 is 29.0 Å². The Hall–Kier alpha value is -4.15. The Balaban J connectivity index is 1.83. The zero-order valence-electron chi connectivity index (χ0n) is 14.1. The van der Waals surface area contributed by atoms with E-state index in [2.05, 4.69) is 36.1 Å². The summed E-state index contributed by atoms with van der Waals surface area (Å²) in [6.45, 7) is 1.79. The summed E-state index contributed by atoms with van der Waals surface area (Å²) in [6, 6.07) is 8.34. The summed E-state index contributed by atoms with van der Waals surface area (Å²) in [7, 11) is 0. The van der Waals surface area contributed by atoms with Gasteiger partial charge in [-0.2, -0.15) is 0 Å². The minimum Gasteiger partial charge on any atom is -0.319 e. The molecule has 27 heavy (non-hydrogen) atoms. The lowest BCUT2D eigenvalue weighted by molar-refractivity contribution is -0.383. The third-order valence-corrected chi connectivity index (χ3v) is 3.36. The van der Waals surface area contributed by atoms with Crippen molar-refractivity contribution in [3.63, 3.8) is 0 Å². The fraction of sp³-hybridized carbons (Fsp3) is 0.0625. The molecule has 0 atom stereocenters. The number of hydrogen-bond acceptors (Lipinski definition) is 9. The van der Waals surface area contributed by atoms with E-state index in [9.17, 15) is 14.9 Å². The summed E-state index contributed by atoms with van der Waals surface area (Å²) in [4.78, 5) is 38.7. The van der Waals surface area contributed by atoms with Crippen LogP contribution < -0.4 is 16.2 Å². The van der Waals surface area contributed by atoms with Crippen LogP contribution in [0.2, 0.25) is 0 Å². The Kier molecular flexibility index (Phi) is 5.12. The molecule has 3 heterocycles. The number of amides is 1. The lowest BCUT2D eigenvalue weighted by Gasteiger charge is -2.10. The van der Waals surface area contributed by atoms with Crippen molar-refractivity contribution < 1.29 is 9.72 Å². The van der Waals surface area contributed by atoms with Crippen molar-refractivity contribution in [2.24, 2.45) is 0 Å². The van der Waals surface area contributed by atoms with E-state index >= 15 is 0 Å². The van der Waals surface area contributed by atoms with Crippen molar-refractivity contribution in [3.05, 3.63) is 70.4 Å². The second-order valence-corrected chi connectivity index (χ2v) is 5.29. The fourth-order valence-electron chi connectivity index (χ4n) is 2.15. The molecule has 0 saturated heterocycles. The van der Waals surface area contributed by atoms with Crippen LogP contribution in [-0.2, 0) is 0 Å². The predicted octanol–water partition coefficient (Wildman–Crippen LogP) is 1.98. The van der Waals surface area contributed by atoms with Gasteiger partial charge >= 0.3 is 5.69 Å². The van der Waals surface area contributed by atoms with Gasteiger partial charge in [0.1, 0.15) is 12.1 Å². The van der Waals surface area contributed by atoms with Crippen molar-refractivity contribution in [3.8, 4) is 0 Å². The van der Waals surface area contributed by atoms with Crippen LogP contribution >= 0.6 is 0 Å². The van der Waals surface area contributed by atoms with Gasteiger partial charge in [0.25, 0.3) is 5.91 Å². The highest BCUT2D eigenvalue weighted by atomic mass is 16.6. The largest absolute Gasteiger partial charge is 0.355 e. The molecule has 0 aliphatic heterocycles. The monoisotopic (exact) mass is 366 g/mol. The Morgan fingerprint density at radius 1 is 1.15 bits per heavy atom. The standard InChI is InChI=1S/C16H14N8O3/c1-10-4-2-6-12(20-10)21-14-13(24(26)27)15(19-9-18-14)22-23-16(25)11-5-3-7-17-8-11/h2-9H,1H3,(H,23,25)(H2,18,19,20,21,22). The molecule has 3 N–H and O–H groups in total. The van der Waals surface area contributed by atoms with Gasteiger partial charge in [-0.1, -0.05) is 6.07 Å². The summed E-state index contributed by atoms with van der Waals surface area (Å²) < 4.78 is 0. The number of carbonyl (C=O) groups is 1. The molecular weight excluding hydrogens is 352 g/mol. The molecule has 136 valence electrons. The maximum atomic E-state index is 12.1. The van der Waals surface area contributed by atoms with Crippen LogP contribution in [0.25, 0.3) is 0 Å². The molecule has 0 aliphatic carbocycles. The number of carbonyl (C=O) groups excluding carboxylic acids is 1. The molecule has 11 nitrogen and oxygen atoms in total. The van der Waals surface area contributed by atoms with Gasteiger partial charge in [0.2, 0.25) is 11.6 Å². The summed E-state index contributed by atoms with van der Waals surface area (Å²) in [5, 5.41) is 14.3. The number of nitrogens with zero attached hydrogens (tertiary/aromatic N) is 5. The highest BCUT2D eigenvalue weighted by molar-refractivity contribution is 5.94. The van der Waals surface area contributed by atoms with E-state index in [4.69, 9.17) is 0 Å². The van der Waals surface area contributed by atoms with E-state index in [0.717, 1.165) is 12.0 Å². The number of nitrogens with one attached hydrogen (secondary N) is 3. The van der Waals surface area contributed by atoms with Crippen LogP contribution in [0.5, 0.6) is 0 Å². The molecule has 0 unspecified atom stereocenters. The summed E-state index contributed by atoms with van der Waals surface area (Å²) >= 11 is 0. The first kappa shape index (κ1) is 17.7. The number of aryl methyl sites for hydroxylation is 1. The minimum absolute atomic E-state index is 0.0637. The number of pyridine rings is 2. The number of rotatable bonds is 6. The van der Waals surface area contributed by atoms with Crippen LogP contribution in [0, 0.1) is 17.0 Å². The molecule has 0 aromatic carbocycles. The predicted molar refractivity (Wildman–Crippen MR) is 96.3 cm³/mol. The second kappa shape index (κ2) is 7.82. The summed E-state index contributed by atoms with van der Waals surface area (Å²) in [6.07, 6.45) is 4.02. The van der Waals surface area contributed by atoms with Gasteiger partial charge in [-0.3, -0.25) is 30.7 Å². The first-order chi connectivity index (χ1) is 13.0. The van der Waals surface area contributed by atoms with E-state index in [1.165, 1.54) is 12.4 Å². The van der Waals surface area contributed by atoms with Gasteiger partial charge in [0.15, 0.2) is 0 Å². The molecule has 0 bridgehead atoms. The van der Waals surface area contributed by atoms with Gasteiger partial charge < -0.3 is 5.32 Å². The SMILES string of the molecule is Cc1cccc(Nc2ncnc(NNC(=O)c3cccnc3)c2[N+](=O)[O-])n1. The molecule has 11 heteroatoms. The lowest BCUT2D eigenvalue weighted by atomic mass is 10.3. The first-order valence-corrected chi connectivity index (χ1v) is 7.71. The molecule has 0 fully saturated rings. The van der Waals surface area contributed by atoms with Gasteiger partial charge in [-0.15, -0.1) is 0 Å². The third kappa shape index (κ3) is 4.28. The smallest absolute Gasteiger partial charge is 0.319 e. The van der Waals surface area contributed by atoms with E-state index in [-0.39, 0.29) is 17.2 Å². The average molecular weight is 366 g/mol. The average Bonchev–Trinajstić information content (AvgIpc) is 2.66. The molecule has 0 radical (unpaired) electrons. The van der Waals surface area contributed by atoms with E-state index in [1.54, 1.807) is 37.3 Å². The topological polar surface area (TPSA) is 148 Å². The summed E-state index contributed by atoms with van der Waals surface area (Å²) in [5.41, 5.74) is 5.37. The van der Waals surface area contributed by atoms with Crippen LogP contribution in [0.3, 0.4) is 0 Å². The number of anilines is 3. The molecule has 0 spiro atoms. The van der Waals surface area contributed by atoms with Crippen LogP contribution in [0.4, 0.5) is 23.1 Å². The van der Waals surface area contributed by atoms with Crippen molar-refractivity contribution in [2.75, 3.05) is 10.7 Å². The molecule has 0 aliphatic rings. The Bertz CT molecular complexity index is 980. The zero-order chi connectivity index (χ0) is 19.2. The van der Waals surface area contributed by atoms with Crippen LogP contribution in [0.15, 0.2) is 49.1 Å². The Morgan fingerprint density at radius 2 is 1.96 bits per heavy atom. The molecule has 0 saturated carbocycles. The first-order valence-electron chi connectivity index (χ1n) is 7.71. The van der Waals surface area contributed by atoms with Gasteiger partial charge in [0, 0.05) is 18.1 Å². The maximum absolute atomic E-state index is 12.1.